The van der Waals surface area contributed by atoms with Crippen LogP contribution >= 0.6 is 11.6 Å². The second kappa shape index (κ2) is 8.38. The number of nitrogens with zero attached hydrogens (tertiary/aromatic N) is 1. The summed E-state index contributed by atoms with van der Waals surface area (Å²) in [7, 11) is 0. The Morgan fingerprint density at radius 3 is 2.45 bits per heavy atom. The van der Waals surface area contributed by atoms with Crippen LogP contribution < -0.4 is 9.64 Å². The quantitative estimate of drug-likeness (QED) is 0.475. The Bertz CT molecular complexity index is 1090. The van der Waals surface area contributed by atoms with Crippen LogP contribution in [0.2, 0.25) is 5.02 Å². The molecule has 1 aliphatic heterocycles. The van der Waals surface area contributed by atoms with Crippen LogP contribution in [0.25, 0.3) is 11.8 Å². The lowest BCUT2D eigenvalue weighted by Gasteiger charge is -2.21. The van der Waals surface area contributed by atoms with Crippen LogP contribution in [0.4, 0.5) is 5.69 Å². The van der Waals surface area contributed by atoms with Crippen molar-refractivity contribution in [3.63, 3.8) is 0 Å². The van der Waals surface area contributed by atoms with E-state index >= 15 is 0 Å². The Balaban J connectivity index is 1.81. The van der Waals surface area contributed by atoms with Crippen LogP contribution in [0, 0.1) is 0 Å². The minimum atomic E-state index is -0.0764. The van der Waals surface area contributed by atoms with Crippen LogP contribution in [0.1, 0.15) is 18.1 Å². The van der Waals surface area contributed by atoms with E-state index in [1.165, 1.54) is 0 Å². The molecule has 1 amide bonds. The Morgan fingerprint density at radius 2 is 1.72 bits per heavy atom. The molecule has 0 unspecified atom stereocenters. The number of anilines is 1. The predicted molar refractivity (Wildman–Crippen MR) is 119 cm³/mol. The second-order valence-corrected chi connectivity index (χ2v) is 7.05. The third kappa shape index (κ3) is 4.10. The molecular weight excluding hydrogens is 382 g/mol. The van der Waals surface area contributed by atoms with Crippen LogP contribution in [-0.2, 0) is 4.79 Å². The Labute approximate surface area is 175 Å². The molecule has 0 spiro atoms. The van der Waals surface area contributed by atoms with Crippen molar-refractivity contribution in [2.24, 2.45) is 0 Å². The number of hydrogen-bond donors (Lipinski definition) is 0. The van der Waals surface area contributed by atoms with Crippen molar-refractivity contribution in [1.82, 2.24) is 0 Å². The first-order valence-electron chi connectivity index (χ1n) is 9.47. The Morgan fingerprint density at radius 1 is 0.966 bits per heavy atom. The van der Waals surface area contributed by atoms with Gasteiger partial charge in [-0.05, 0) is 54.5 Å². The number of hydrogen-bond acceptors (Lipinski definition) is 2. The van der Waals surface area contributed by atoms with Gasteiger partial charge in [0.2, 0.25) is 0 Å². The molecule has 0 radical (unpaired) electrons. The summed E-state index contributed by atoms with van der Waals surface area (Å²) >= 11 is 6.06. The molecule has 0 fully saturated rings. The van der Waals surface area contributed by atoms with Gasteiger partial charge in [-0.2, -0.15) is 0 Å². The van der Waals surface area contributed by atoms with Crippen molar-refractivity contribution < 1.29 is 9.53 Å². The number of halogens is 1. The van der Waals surface area contributed by atoms with Crippen LogP contribution in [-0.4, -0.2) is 12.5 Å². The average Bonchev–Trinajstić information content (AvgIpc) is 3.06. The molecule has 29 heavy (non-hydrogen) atoms. The van der Waals surface area contributed by atoms with Gasteiger partial charge in [0.15, 0.2) is 0 Å². The lowest BCUT2D eigenvalue weighted by Crippen LogP contribution is -2.25. The van der Waals surface area contributed by atoms with Gasteiger partial charge in [-0.3, -0.25) is 9.69 Å². The zero-order valence-corrected chi connectivity index (χ0v) is 16.8. The van der Waals surface area contributed by atoms with Crippen molar-refractivity contribution in [3.8, 4) is 5.75 Å². The van der Waals surface area contributed by atoms with Crippen molar-refractivity contribution in [3.05, 3.63) is 107 Å². The monoisotopic (exact) mass is 401 g/mol. The summed E-state index contributed by atoms with van der Waals surface area (Å²) < 4.78 is 5.63. The zero-order chi connectivity index (χ0) is 20.2. The molecule has 3 nitrogen and oxygen atoms in total. The molecule has 0 aliphatic carbocycles. The minimum Gasteiger partial charge on any atom is -0.494 e. The van der Waals surface area contributed by atoms with Gasteiger partial charge in [-0.25, -0.2) is 0 Å². The van der Waals surface area contributed by atoms with Crippen LogP contribution in [0.5, 0.6) is 5.75 Å². The Hall–Kier alpha value is -3.30. The topological polar surface area (TPSA) is 29.5 Å². The molecule has 0 bridgehead atoms. The predicted octanol–water partition coefficient (Wildman–Crippen LogP) is 6.21. The normalized spacial score (nSPS) is 15.0. The van der Waals surface area contributed by atoms with Gasteiger partial charge in [0, 0.05) is 16.7 Å². The molecule has 4 rings (SSSR count). The highest BCUT2D eigenvalue weighted by Crippen LogP contribution is 2.36. The van der Waals surface area contributed by atoms with Crippen molar-refractivity contribution in [2.45, 2.75) is 6.92 Å². The number of carbonyl (C=O) groups excluding carboxylic acids is 1. The average molecular weight is 402 g/mol. The fourth-order valence-electron chi connectivity index (χ4n) is 3.31. The summed E-state index contributed by atoms with van der Waals surface area (Å²) in [4.78, 5) is 15.1. The maximum atomic E-state index is 13.4. The number of rotatable bonds is 5. The van der Waals surface area contributed by atoms with Gasteiger partial charge in [-0.1, -0.05) is 60.1 Å². The molecule has 0 saturated heterocycles. The maximum Gasteiger partial charge on any atom is 0.262 e. The highest BCUT2D eigenvalue weighted by Gasteiger charge is 2.30. The van der Waals surface area contributed by atoms with E-state index in [0.29, 0.717) is 17.2 Å². The fourth-order valence-corrected chi connectivity index (χ4v) is 3.44. The summed E-state index contributed by atoms with van der Waals surface area (Å²) in [6.07, 6.45) is 3.83. The number of benzene rings is 3. The number of ether oxygens (including phenoxy) is 1. The summed E-state index contributed by atoms with van der Waals surface area (Å²) in [6.45, 7) is 2.50. The van der Waals surface area contributed by atoms with Gasteiger partial charge in [0.05, 0.1) is 18.0 Å². The smallest absolute Gasteiger partial charge is 0.262 e. The van der Waals surface area contributed by atoms with E-state index in [1.54, 1.807) is 4.90 Å². The first-order chi connectivity index (χ1) is 14.2. The highest BCUT2D eigenvalue weighted by molar-refractivity contribution is 6.30. The van der Waals surface area contributed by atoms with E-state index in [0.717, 1.165) is 28.3 Å². The second-order valence-electron chi connectivity index (χ2n) is 6.62. The number of amides is 1. The van der Waals surface area contributed by atoms with E-state index in [1.807, 2.05) is 97.9 Å². The van der Waals surface area contributed by atoms with E-state index in [4.69, 9.17) is 16.3 Å². The van der Waals surface area contributed by atoms with Crippen molar-refractivity contribution in [1.29, 1.82) is 0 Å². The van der Waals surface area contributed by atoms with E-state index in [9.17, 15) is 4.79 Å². The molecule has 3 aromatic carbocycles. The van der Waals surface area contributed by atoms with E-state index in [-0.39, 0.29) is 5.91 Å². The minimum absolute atomic E-state index is 0.0764. The van der Waals surface area contributed by atoms with Crippen LogP contribution in [0.15, 0.2) is 90.5 Å². The lowest BCUT2D eigenvalue weighted by molar-refractivity contribution is -0.113. The fraction of sp³-hybridized carbons (Fsp3) is 0.0800. The summed E-state index contributed by atoms with van der Waals surface area (Å²) in [5.41, 5.74) is 4.09. The standard InChI is InChI=1S/C25H20ClNO2/c1-2-29-23-10-6-9-22(17-23)27-24(19-11-13-21(26)14-12-19)16-20(25(27)28)15-18-7-4-3-5-8-18/h3-17H,2H2,1H3/b20-15+. The first-order valence-corrected chi connectivity index (χ1v) is 9.85. The molecule has 3 aromatic rings. The zero-order valence-electron chi connectivity index (χ0n) is 16.0. The molecular formula is C25H20ClNO2. The summed E-state index contributed by atoms with van der Waals surface area (Å²) in [5, 5.41) is 0.656. The molecule has 0 atom stereocenters. The lowest BCUT2D eigenvalue weighted by atomic mass is 10.1. The van der Waals surface area contributed by atoms with Gasteiger partial charge in [0.25, 0.3) is 5.91 Å². The SMILES string of the molecule is CCOc1cccc(N2C(=O)/C(=C/c3ccccc3)C=C2c2ccc(Cl)cc2)c1. The summed E-state index contributed by atoms with van der Waals surface area (Å²) in [6, 6.07) is 24.9. The Kier molecular flexibility index (Phi) is 5.50. The third-order valence-electron chi connectivity index (χ3n) is 4.63. The molecule has 1 aliphatic rings. The maximum absolute atomic E-state index is 13.4. The molecule has 1 heterocycles. The molecule has 144 valence electrons. The molecule has 0 N–H and O–H groups in total. The van der Waals surface area contributed by atoms with Crippen molar-refractivity contribution in [2.75, 3.05) is 11.5 Å². The van der Waals surface area contributed by atoms with Gasteiger partial charge in [0.1, 0.15) is 5.75 Å². The molecule has 0 saturated carbocycles. The largest absolute Gasteiger partial charge is 0.494 e. The van der Waals surface area contributed by atoms with Crippen LogP contribution in [0.3, 0.4) is 0 Å². The highest BCUT2D eigenvalue weighted by atomic mass is 35.5. The van der Waals surface area contributed by atoms with Crippen molar-refractivity contribution >= 4 is 35.0 Å². The van der Waals surface area contributed by atoms with Gasteiger partial charge >= 0.3 is 0 Å². The molecule has 4 heteroatoms. The van der Waals surface area contributed by atoms with E-state index in [2.05, 4.69) is 0 Å². The summed E-state index contributed by atoms with van der Waals surface area (Å²) in [5.74, 6) is 0.654. The van der Waals surface area contributed by atoms with Gasteiger partial charge in [-0.15, -0.1) is 0 Å². The third-order valence-corrected chi connectivity index (χ3v) is 4.88. The number of carbonyl (C=O) groups is 1. The van der Waals surface area contributed by atoms with Gasteiger partial charge < -0.3 is 4.74 Å². The molecule has 0 aromatic heterocycles. The first kappa shape index (κ1) is 19.0. The van der Waals surface area contributed by atoms with E-state index < -0.39 is 0 Å².